The molecule has 2 heterocycles. The maximum atomic E-state index is 5.80. The zero-order valence-electron chi connectivity index (χ0n) is 13.7. The largest absolute Gasteiger partial charge is 0.381 e. The number of hydrogen-bond donors (Lipinski definition) is 1. The lowest BCUT2D eigenvalue weighted by atomic mass is 9.81. The summed E-state index contributed by atoms with van der Waals surface area (Å²) >= 11 is 0. The molecule has 0 spiro atoms. The fraction of sp³-hybridized carbons (Fsp3) is 1.00. The molecule has 0 radical (unpaired) electrons. The van der Waals surface area contributed by atoms with Crippen LogP contribution in [0.15, 0.2) is 0 Å². The Kier molecular flexibility index (Phi) is 6.27. The second-order valence-corrected chi connectivity index (χ2v) is 7.05. The van der Waals surface area contributed by atoms with Crippen molar-refractivity contribution in [1.82, 2.24) is 15.1 Å². The minimum Gasteiger partial charge on any atom is -0.381 e. The Morgan fingerprint density at radius 1 is 1.45 bits per heavy atom. The molecule has 0 aromatic carbocycles. The average molecular weight is 283 g/mol. The van der Waals surface area contributed by atoms with Crippen molar-refractivity contribution in [2.45, 2.75) is 26.2 Å². The molecule has 2 aliphatic heterocycles. The van der Waals surface area contributed by atoms with Crippen LogP contribution in [0.1, 0.15) is 26.2 Å². The first-order valence-electron chi connectivity index (χ1n) is 8.29. The van der Waals surface area contributed by atoms with Crippen LogP contribution in [0.4, 0.5) is 0 Å². The smallest absolute Gasteiger partial charge is 0.0546 e. The molecule has 1 N–H and O–H groups in total. The average Bonchev–Trinajstić information content (AvgIpc) is 2.82. The summed E-state index contributed by atoms with van der Waals surface area (Å²) < 4.78 is 5.80. The molecule has 2 aliphatic rings. The van der Waals surface area contributed by atoms with E-state index in [1.807, 2.05) is 0 Å². The number of hydrogen-bond acceptors (Lipinski definition) is 4. The Labute approximate surface area is 124 Å². The Morgan fingerprint density at radius 3 is 2.90 bits per heavy atom. The van der Waals surface area contributed by atoms with Gasteiger partial charge in [-0.05, 0) is 52.4 Å². The van der Waals surface area contributed by atoms with Crippen molar-refractivity contribution in [3.05, 3.63) is 0 Å². The Morgan fingerprint density at radius 2 is 2.30 bits per heavy atom. The molecule has 2 atom stereocenters. The van der Waals surface area contributed by atoms with Gasteiger partial charge in [0.2, 0.25) is 0 Å². The van der Waals surface area contributed by atoms with Gasteiger partial charge in [-0.25, -0.2) is 0 Å². The SMILES string of the molecule is CCNCC1(CN(C)CC2CCN(C)C2)CCCOC1. The van der Waals surface area contributed by atoms with Crippen LogP contribution in [0.5, 0.6) is 0 Å². The highest BCUT2D eigenvalue weighted by Crippen LogP contribution is 2.29. The minimum absolute atomic E-state index is 0.327. The maximum absolute atomic E-state index is 5.80. The predicted molar refractivity (Wildman–Crippen MR) is 84.1 cm³/mol. The second-order valence-electron chi connectivity index (χ2n) is 7.05. The first kappa shape index (κ1) is 16.2. The molecule has 4 nitrogen and oxygen atoms in total. The predicted octanol–water partition coefficient (Wildman–Crippen LogP) is 1.28. The number of nitrogens with one attached hydrogen (secondary N) is 1. The van der Waals surface area contributed by atoms with E-state index in [2.05, 4.69) is 36.1 Å². The van der Waals surface area contributed by atoms with Crippen LogP contribution >= 0.6 is 0 Å². The standard InChI is InChI=1S/C16H33N3O/c1-4-17-12-16(7-5-9-20-14-16)13-19(3)11-15-6-8-18(2)10-15/h15,17H,4-14H2,1-3H3. The molecule has 20 heavy (non-hydrogen) atoms. The summed E-state index contributed by atoms with van der Waals surface area (Å²) in [7, 11) is 4.53. The van der Waals surface area contributed by atoms with Gasteiger partial charge in [-0.2, -0.15) is 0 Å². The van der Waals surface area contributed by atoms with Crippen LogP contribution in [-0.2, 0) is 4.74 Å². The Hall–Kier alpha value is -0.160. The highest BCUT2D eigenvalue weighted by Gasteiger charge is 2.34. The number of likely N-dealkylation sites (tertiary alicyclic amines) is 1. The van der Waals surface area contributed by atoms with Gasteiger partial charge in [0.25, 0.3) is 0 Å². The first-order chi connectivity index (χ1) is 9.63. The molecule has 2 saturated heterocycles. The van der Waals surface area contributed by atoms with Gasteiger partial charge in [-0.3, -0.25) is 0 Å². The second kappa shape index (κ2) is 7.74. The summed E-state index contributed by atoms with van der Waals surface area (Å²) in [6.07, 6.45) is 3.87. The molecule has 2 rings (SSSR count). The Balaban J connectivity index is 1.82. The van der Waals surface area contributed by atoms with Crippen LogP contribution in [0.3, 0.4) is 0 Å². The number of ether oxygens (including phenoxy) is 1. The van der Waals surface area contributed by atoms with Gasteiger partial charge in [0, 0.05) is 38.2 Å². The Bertz CT molecular complexity index is 279. The normalized spacial score (nSPS) is 32.1. The highest BCUT2D eigenvalue weighted by molar-refractivity contribution is 4.87. The van der Waals surface area contributed by atoms with E-state index in [0.29, 0.717) is 5.41 Å². The van der Waals surface area contributed by atoms with Crippen LogP contribution in [0.2, 0.25) is 0 Å². The molecule has 0 bridgehead atoms. The highest BCUT2D eigenvalue weighted by atomic mass is 16.5. The molecule has 118 valence electrons. The van der Waals surface area contributed by atoms with Crippen molar-refractivity contribution < 1.29 is 4.74 Å². The summed E-state index contributed by atoms with van der Waals surface area (Å²) in [5.41, 5.74) is 0.327. The van der Waals surface area contributed by atoms with Crippen molar-refractivity contribution in [1.29, 1.82) is 0 Å². The zero-order chi connectivity index (χ0) is 14.4. The molecule has 4 heteroatoms. The lowest BCUT2D eigenvalue weighted by Crippen LogP contribution is -2.49. The quantitative estimate of drug-likeness (QED) is 0.762. The van der Waals surface area contributed by atoms with E-state index in [1.54, 1.807) is 0 Å². The van der Waals surface area contributed by atoms with Crippen LogP contribution in [0, 0.1) is 11.3 Å². The van der Waals surface area contributed by atoms with Gasteiger partial charge in [0.05, 0.1) is 6.61 Å². The lowest BCUT2D eigenvalue weighted by Gasteiger charge is -2.40. The fourth-order valence-electron chi connectivity index (χ4n) is 3.87. The molecule has 2 fully saturated rings. The van der Waals surface area contributed by atoms with E-state index < -0.39 is 0 Å². The molecule has 0 aliphatic carbocycles. The van der Waals surface area contributed by atoms with Crippen LogP contribution in [0.25, 0.3) is 0 Å². The summed E-state index contributed by atoms with van der Waals surface area (Å²) in [5.74, 6) is 0.852. The van der Waals surface area contributed by atoms with Gasteiger partial charge < -0.3 is 19.9 Å². The third-order valence-corrected chi connectivity index (χ3v) is 4.82. The van der Waals surface area contributed by atoms with Gasteiger partial charge >= 0.3 is 0 Å². The maximum Gasteiger partial charge on any atom is 0.0546 e. The van der Waals surface area contributed by atoms with Crippen molar-refractivity contribution in [3.63, 3.8) is 0 Å². The van der Waals surface area contributed by atoms with Gasteiger partial charge in [0.15, 0.2) is 0 Å². The zero-order valence-corrected chi connectivity index (χ0v) is 13.7. The molecular weight excluding hydrogens is 250 g/mol. The van der Waals surface area contributed by atoms with Crippen molar-refractivity contribution >= 4 is 0 Å². The molecule has 2 unspecified atom stereocenters. The molecule has 0 amide bonds. The third-order valence-electron chi connectivity index (χ3n) is 4.82. The van der Waals surface area contributed by atoms with E-state index in [1.165, 1.54) is 45.4 Å². The van der Waals surface area contributed by atoms with E-state index in [-0.39, 0.29) is 0 Å². The first-order valence-corrected chi connectivity index (χ1v) is 8.29. The molecule has 0 aromatic heterocycles. The number of nitrogens with zero attached hydrogens (tertiary/aromatic N) is 2. The van der Waals surface area contributed by atoms with E-state index >= 15 is 0 Å². The van der Waals surface area contributed by atoms with Crippen molar-refractivity contribution in [2.75, 3.05) is 66.6 Å². The van der Waals surface area contributed by atoms with Gasteiger partial charge in [0.1, 0.15) is 0 Å². The summed E-state index contributed by atoms with van der Waals surface area (Å²) in [6.45, 7) is 11.1. The third kappa shape index (κ3) is 4.69. The van der Waals surface area contributed by atoms with Gasteiger partial charge in [-0.15, -0.1) is 0 Å². The summed E-state index contributed by atoms with van der Waals surface area (Å²) in [6, 6.07) is 0. The fourth-order valence-corrected chi connectivity index (χ4v) is 3.87. The lowest BCUT2D eigenvalue weighted by molar-refractivity contribution is -0.0239. The monoisotopic (exact) mass is 283 g/mol. The summed E-state index contributed by atoms with van der Waals surface area (Å²) in [5, 5.41) is 3.55. The van der Waals surface area contributed by atoms with E-state index in [0.717, 1.165) is 32.2 Å². The topological polar surface area (TPSA) is 27.7 Å². The van der Waals surface area contributed by atoms with Crippen LogP contribution < -0.4 is 5.32 Å². The molecular formula is C16H33N3O. The van der Waals surface area contributed by atoms with E-state index in [9.17, 15) is 0 Å². The van der Waals surface area contributed by atoms with Gasteiger partial charge in [-0.1, -0.05) is 6.92 Å². The molecule has 0 aromatic rings. The van der Waals surface area contributed by atoms with Crippen LogP contribution in [-0.4, -0.2) is 76.4 Å². The van der Waals surface area contributed by atoms with Crippen molar-refractivity contribution in [2.24, 2.45) is 11.3 Å². The minimum atomic E-state index is 0.327. The summed E-state index contributed by atoms with van der Waals surface area (Å²) in [4.78, 5) is 5.01. The number of rotatable bonds is 7. The van der Waals surface area contributed by atoms with E-state index in [4.69, 9.17) is 4.74 Å². The van der Waals surface area contributed by atoms with Crippen molar-refractivity contribution in [3.8, 4) is 0 Å². The molecule has 0 saturated carbocycles.